The highest BCUT2D eigenvalue weighted by Crippen LogP contribution is 2.25. The second kappa shape index (κ2) is 5.68. The normalized spacial score (nSPS) is 19.9. The number of hydrogen-bond donors (Lipinski definition) is 1. The van der Waals surface area contributed by atoms with E-state index in [-0.39, 0.29) is 17.8 Å². The molecular formula is C14H14FN3OS. The maximum absolute atomic E-state index is 13.0. The van der Waals surface area contributed by atoms with Gasteiger partial charge in [-0.2, -0.15) is 0 Å². The molecule has 20 heavy (non-hydrogen) atoms. The third kappa shape index (κ3) is 2.71. The first-order valence-corrected chi connectivity index (χ1v) is 7.27. The Labute approximate surface area is 120 Å². The van der Waals surface area contributed by atoms with Crippen LogP contribution >= 0.6 is 11.3 Å². The lowest BCUT2D eigenvalue weighted by molar-refractivity contribution is -0.129. The fraction of sp³-hybridized carbons (Fsp3) is 0.286. The van der Waals surface area contributed by atoms with E-state index in [4.69, 9.17) is 0 Å². The number of benzene rings is 1. The quantitative estimate of drug-likeness (QED) is 0.940. The third-order valence-corrected chi connectivity index (χ3v) is 4.08. The number of nitrogens with one attached hydrogen (secondary N) is 1. The molecule has 1 fully saturated rings. The van der Waals surface area contributed by atoms with Crippen molar-refractivity contribution in [3.05, 3.63) is 52.2 Å². The highest BCUT2D eigenvalue weighted by Gasteiger charge is 2.31. The van der Waals surface area contributed by atoms with Gasteiger partial charge in [0.25, 0.3) is 0 Å². The molecule has 4 nitrogen and oxygen atoms in total. The fourth-order valence-corrected chi connectivity index (χ4v) is 3.04. The summed E-state index contributed by atoms with van der Waals surface area (Å²) < 4.78 is 13.0. The van der Waals surface area contributed by atoms with Gasteiger partial charge in [-0.3, -0.25) is 9.69 Å². The Bertz CT molecular complexity index is 585. The van der Waals surface area contributed by atoms with E-state index >= 15 is 0 Å². The van der Waals surface area contributed by atoms with Crippen molar-refractivity contribution in [1.82, 2.24) is 15.2 Å². The van der Waals surface area contributed by atoms with E-state index in [2.05, 4.69) is 15.2 Å². The molecule has 0 radical (unpaired) electrons. The number of nitrogens with zero attached hydrogens (tertiary/aromatic N) is 2. The molecule has 1 aliphatic rings. The standard InChI is InChI=1S/C14H14FN3OS/c15-11-3-1-10(2-4-11)13-14(19)17-5-7-18(13)9-12-16-6-8-20-12/h1-4,6,8,13H,5,7,9H2,(H,17,19). The minimum Gasteiger partial charge on any atom is -0.353 e. The van der Waals surface area contributed by atoms with Gasteiger partial charge in [0.15, 0.2) is 0 Å². The lowest BCUT2D eigenvalue weighted by Crippen LogP contribution is -2.49. The summed E-state index contributed by atoms with van der Waals surface area (Å²) in [6.07, 6.45) is 1.76. The predicted molar refractivity (Wildman–Crippen MR) is 74.7 cm³/mol. The van der Waals surface area contributed by atoms with Crippen LogP contribution in [0.2, 0.25) is 0 Å². The van der Waals surface area contributed by atoms with Crippen LogP contribution in [0.3, 0.4) is 0 Å². The second-order valence-corrected chi connectivity index (χ2v) is 5.62. The lowest BCUT2D eigenvalue weighted by atomic mass is 10.0. The van der Waals surface area contributed by atoms with Crippen molar-refractivity contribution in [1.29, 1.82) is 0 Å². The molecule has 2 heterocycles. The van der Waals surface area contributed by atoms with Crippen LogP contribution in [0.15, 0.2) is 35.8 Å². The maximum Gasteiger partial charge on any atom is 0.242 e. The van der Waals surface area contributed by atoms with Crippen LogP contribution in [0.25, 0.3) is 0 Å². The molecule has 1 atom stereocenters. The molecule has 1 N–H and O–H groups in total. The minimum absolute atomic E-state index is 0.0422. The molecule has 0 saturated carbocycles. The largest absolute Gasteiger partial charge is 0.353 e. The monoisotopic (exact) mass is 291 g/mol. The molecule has 6 heteroatoms. The summed E-state index contributed by atoms with van der Waals surface area (Å²) in [5, 5.41) is 5.76. The molecule has 2 aromatic rings. The molecule has 1 saturated heterocycles. The van der Waals surface area contributed by atoms with Gasteiger partial charge in [0.1, 0.15) is 16.9 Å². The highest BCUT2D eigenvalue weighted by atomic mass is 32.1. The first kappa shape index (κ1) is 13.2. The predicted octanol–water partition coefficient (Wildman–Crippen LogP) is 1.96. The van der Waals surface area contributed by atoms with Gasteiger partial charge in [-0.1, -0.05) is 12.1 Å². The smallest absolute Gasteiger partial charge is 0.242 e. The zero-order valence-electron chi connectivity index (χ0n) is 10.8. The van der Waals surface area contributed by atoms with Crippen LogP contribution in [0.5, 0.6) is 0 Å². The van der Waals surface area contributed by atoms with E-state index in [0.29, 0.717) is 13.1 Å². The Balaban J connectivity index is 1.86. The molecule has 1 amide bonds. The molecule has 104 valence electrons. The van der Waals surface area contributed by atoms with Crippen molar-refractivity contribution in [2.45, 2.75) is 12.6 Å². The van der Waals surface area contributed by atoms with Gasteiger partial charge < -0.3 is 5.32 Å². The average molecular weight is 291 g/mol. The van der Waals surface area contributed by atoms with E-state index in [1.54, 1.807) is 29.7 Å². The molecule has 1 unspecified atom stereocenters. The van der Waals surface area contributed by atoms with E-state index in [1.807, 2.05) is 5.38 Å². The number of hydrogen-bond acceptors (Lipinski definition) is 4. The SMILES string of the molecule is O=C1NCCN(Cc2nccs2)C1c1ccc(F)cc1. The number of halogens is 1. The average Bonchev–Trinajstić information content (AvgIpc) is 2.94. The number of amides is 1. The summed E-state index contributed by atoms with van der Waals surface area (Å²) in [5.41, 5.74) is 0.806. The van der Waals surface area contributed by atoms with Crippen LogP contribution < -0.4 is 5.32 Å². The molecule has 0 spiro atoms. The first-order chi connectivity index (χ1) is 9.74. The Hall–Kier alpha value is -1.79. The summed E-state index contributed by atoms with van der Waals surface area (Å²) >= 11 is 1.57. The van der Waals surface area contributed by atoms with Gasteiger partial charge in [-0.25, -0.2) is 9.37 Å². The van der Waals surface area contributed by atoms with Crippen LogP contribution in [0.4, 0.5) is 4.39 Å². The van der Waals surface area contributed by atoms with Gasteiger partial charge in [0.2, 0.25) is 5.91 Å². The molecule has 1 aromatic heterocycles. The van der Waals surface area contributed by atoms with Gasteiger partial charge in [0, 0.05) is 24.7 Å². The van der Waals surface area contributed by atoms with Crippen molar-refractivity contribution >= 4 is 17.2 Å². The Morgan fingerprint density at radius 1 is 1.40 bits per heavy atom. The van der Waals surface area contributed by atoms with Crippen LogP contribution in [0, 0.1) is 5.82 Å². The summed E-state index contributed by atoms with van der Waals surface area (Å²) in [4.78, 5) is 18.5. The Morgan fingerprint density at radius 3 is 2.90 bits per heavy atom. The summed E-state index contributed by atoms with van der Waals surface area (Å²) in [7, 11) is 0. The number of aromatic nitrogens is 1. The number of carbonyl (C=O) groups is 1. The first-order valence-electron chi connectivity index (χ1n) is 6.39. The molecule has 3 rings (SSSR count). The van der Waals surface area contributed by atoms with Gasteiger partial charge in [-0.05, 0) is 17.7 Å². The van der Waals surface area contributed by atoms with E-state index in [0.717, 1.165) is 17.1 Å². The van der Waals surface area contributed by atoms with Crippen molar-refractivity contribution < 1.29 is 9.18 Å². The second-order valence-electron chi connectivity index (χ2n) is 4.64. The van der Waals surface area contributed by atoms with E-state index < -0.39 is 0 Å². The number of carbonyl (C=O) groups excluding carboxylic acids is 1. The van der Waals surface area contributed by atoms with Crippen LogP contribution in [0.1, 0.15) is 16.6 Å². The number of rotatable bonds is 3. The molecule has 0 aliphatic carbocycles. The van der Waals surface area contributed by atoms with Crippen molar-refractivity contribution in [3.63, 3.8) is 0 Å². The van der Waals surface area contributed by atoms with Crippen molar-refractivity contribution in [3.8, 4) is 0 Å². The number of thiazole rings is 1. The molecule has 1 aliphatic heterocycles. The zero-order chi connectivity index (χ0) is 13.9. The van der Waals surface area contributed by atoms with Crippen LogP contribution in [-0.4, -0.2) is 28.9 Å². The Morgan fingerprint density at radius 2 is 2.20 bits per heavy atom. The Kier molecular flexibility index (Phi) is 3.75. The molecule has 0 bridgehead atoms. The number of piperazine rings is 1. The van der Waals surface area contributed by atoms with Crippen molar-refractivity contribution in [2.75, 3.05) is 13.1 Å². The molecular weight excluding hydrogens is 277 g/mol. The minimum atomic E-state index is -0.381. The van der Waals surface area contributed by atoms with E-state index in [1.165, 1.54) is 12.1 Å². The lowest BCUT2D eigenvalue weighted by Gasteiger charge is -2.34. The topological polar surface area (TPSA) is 45.2 Å². The van der Waals surface area contributed by atoms with Gasteiger partial charge >= 0.3 is 0 Å². The molecule has 1 aromatic carbocycles. The van der Waals surface area contributed by atoms with Crippen LogP contribution in [-0.2, 0) is 11.3 Å². The highest BCUT2D eigenvalue weighted by molar-refractivity contribution is 7.09. The maximum atomic E-state index is 13.0. The summed E-state index contributed by atoms with van der Waals surface area (Å²) in [6.45, 7) is 2.02. The summed E-state index contributed by atoms with van der Waals surface area (Å²) in [5.74, 6) is -0.337. The van der Waals surface area contributed by atoms with Gasteiger partial charge in [-0.15, -0.1) is 11.3 Å². The van der Waals surface area contributed by atoms with Crippen molar-refractivity contribution in [2.24, 2.45) is 0 Å². The van der Waals surface area contributed by atoms with Gasteiger partial charge in [0.05, 0.1) is 6.54 Å². The zero-order valence-corrected chi connectivity index (χ0v) is 11.6. The fourth-order valence-electron chi connectivity index (χ4n) is 2.40. The summed E-state index contributed by atoms with van der Waals surface area (Å²) in [6, 6.07) is 5.73. The van der Waals surface area contributed by atoms with E-state index in [9.17, 15) is 9.18 Å². The third-order valence-electron chi connectivity index (χ3n) is 3.32.